The third-order valence-electron chi connectivity index (χ3n) is 6.96. The second-order valence-corrected chi connectivity index (χ2v) is 12.6. The maximum atomic E-state index is 13.4. The number of aromatic nitrogens is 1. The van der Waals surface area contributed by atoms with Crippen LogP contribution in [0.3, 0.4) is 0 Å². The Balaban J connectivity index is 1.26. The molecular weight excluding hydrogens is 548 g/mol. The first-order valence-corrected chi connectivity index (χ1v) is 15.0. The van der Waals surface area contributed by atoms with Crippen LogP contribution >= 0.6 is 22.7 Å². The molecule has 40 heavy (non-hydrogen) atoms. The van der Waals surface area contributed by atoms with Crippen LogP contribution in [0.2, 0.25) is 0 Å². The molecule has 4 aromatic rings. The lowest BCUT2D eigenvalue weighted by Crippen LogP contribution is -2.52. The molecule has 0 bridgehead atoms. The van der Waals surface area contributed by atoms with Crippen molar-refractivity contribution in [1.82, 2.24) is 14.8 Å². The third-order valence-corrected chi connectivity index (χ3v) is 8.68. The van der Waals surface area contributed by atoms with E-state index < -0.39 is 11.6 Å². The molecule has 0 spiro atoms. The van der Waals surface area contributed by atoms with Crippen molar-refractivity contribution in [3.63, 3.8) is 0 Å². The van der Waals surface area contributed by atoms with Crippen molar-refractivity contribution in [3.8, 4) is 11.5 Å². The molecule has 1 unspecified atom stereocenters. The van der Waals surface area contributed by atoms with Gasteiger partial charge in [-0.2, -0.15) is 0 Å². The molecule has 4 heterocycles. The first-order chi connectivity index (χ1) is 19.1. The number of benzene rings is 1. The van der Waals surface area contributed by atoms with E-state index in [2.05, 4.69) is 0 Å². The molecule has 3 aromatic heterocycles. The van der Waals surface area contributed by atoms with Gasteiger partial charge in [-0.05, 0) is 57.2 Å². The molecule has 1 atom stereocenters. The summed E-state index contributed by atoms with van der Waals surface area (Å²) >= 11 is 2.73. The summed E-state index contributed by atoms with van der Waals surface area (Å²) in [7, 11) is 0. The van der Waals surface area contributed by atoms with Gasteiger partial charge in [-0.15, -0.1) is 22.7 Å². The van der Waals surface area contributed by atoms with Gasteiger partial charge in [0.25, 0.3) is 5.91 Å². The average molecular weight is 581 g/mol. The largest absolute Gasteiger partial charge is 0.465 e. The Hall–Kier alpha value is -3.70. The van der Waals surface area contributed by atoms with Gasteiger partial charge < -0.3 is 14.4 Å². The molecule has 0 radical (unpaired) electrons. The lowest BCUT2D eigenvalue weighted by Gasteiger charge is -2.37. The van der Waals surface area contributed by atoms with Gasteiger partial charge in [-0.3, -0.25) is 19.4 Å². The van der Waals surface area contributed by atoms with Crippen molar-refractivity contribution in [1.29, 1.82) is 0 Å². The summed E-state index contributed by atoms with van der Waals surface area (Å²) in [6, 6.07) is 13.1. The first kappa shape index (κ1) is 27.9. The molecule has 1 aliphatic heterocycles. The van der Waals surface area contributed by atoms with Crippen molar-refractivity contribution in [2.75, 3.05) is 24.5 Å². The second-order valence-electron chi connectivity index (χ2n) is 10.8. The number of anilines is 1. The highest BCUT2D eigenvalue weighted by Gasteiger charge is 2.38. The standard InChI is InChI=1S/C29H32N4O5S2/c1-29(2,3)33(28(36)37)20-12-14-31(17-20)25(34)11-6-13-32(26(35)24-10-7-15-39-24)27-30-21(18-40-27)23-16-19-8-4-5-9-22(19)38-23/h4-5,7-10,15-16,18,20H,6,11-14,17H2,1-3H3,(H,36,37). The molecule has 1 N–H and O–H groups in total. The van der Waals surface area contributed by atoms with Crippen LogP contribution in [0.1, 0.15) is 49.7 Å². The van der Waals surface area contributed by atoms with Crippen molar-refractivity contribution in [3.05, 3.63) is 58.1 Å². The topological polar surface area (TPSA) is 107 Å². The predicted molar refractivity (Wildman–Crippen MR) is 157 cm³/mol. The lowest BCUT2D eigenvalue weighted by atomic mass is 10.0. The molecule has 1 aromatic carbocycles. The van der Waals surface area contributed by atoms with Gasteiger partial charge >= 0.3 is 6.09 Å². The SMILES string of the molecule is CC(C)(C)N(C(=O)O)C1CCN(C(=O)CCCN(C(=O)c2cccs2)c2nc(-c3cc4ccccc4o3)cs2)C1. The Kier molecular flexibility index (Phi) is 7.95. The Bertz CT molecular complexity index is 1470. The highest BCUT2D eigenvalue weighted by molar-refractivity contribution is 7.14. The quantitative estimate of drug-likeness (QED) is 0.258. The number of amides is 3. The van der Waals surface area contributed by atoms with E-state index in [1.54, 1.807) is 15.9 Å². The normalized spacial score (nSPS) is 15.5. The Morgan fingerprint density at radius 3 is 2.65 bits per heavy atom. The Labute approximate surface area is 240 Å². The summed E-state index contributed by atoms with van der Waals surface area (Å²) in [5, 5.41) is 15.0. The van der Waals surface area contributed by atoms with Gasteiger partial charge in [-0.25, -0.2) is 9.78 Å². The maximum absolute atomic E-state index is 13.4. The number of likely N-dealkylation sites (tertiary alicyclic amines) is 1. The smallest absolute Gasteiger partial charge is 0.408 e. The zero-order chi connectivity index (χ0) is 28.4. The fourth-order valence-corrected chi connectivity index (χ4v) is 6.65. The molecule has 1 fully saturated rings. The summed E-state index contributed by atoms with van der Waals surface area (Å²) < 4.78 is 5.96. The van der Waals surface area contributed by atoms with E-state index in [1.807, 2.05) is 67.9 Å². The van der Waals surface area contributed by atoms with Crippen molar-refractivity contribution in [2.45, 2.75) is 51.6 Å². The third kappa shape index (κ3) is 5.90. The number of nitrogens with zero attached hydrogens (tertiary/aromatic N) is 4. The van der Waals surface area contributed by atoms with Crippen molar-refractivity contribution >= 4 is 56.7 Å². The molecule has 0 aliphatic carbocycles. The highest BCUT2D eigenvalue weighted by Crippen LogP contribution is 2.33. The van der Waals surface area contributed by atoms with E-state index in [0.29, 0.717) is 53.9 Å². The van der Waals surface area contributed by atoms with Crippen LogP contribution < -0.4 is 4.90 Å². The summed E-state index contributed by atoms with van der Waals surface area (Å²) in [6.45, 7) is 6.83. The summed E-state index contributed by atoms with van der Waals surface area (Å²) in [6.07, 6.45) is 0.353. The zero-order valence-corrected chi connectivity index (χ0v) is 24.3. The molecule has 210 valence electrons. The average Bonchev–Trinajstić information content (AvgIpc) is 3.71. The molecule has 1 saturated heterocycles. The fourth-order valence-electron chi connectivity index (χ4n) is 5.14. The van der Waals surface area contributed by atoms with Gasteiger partial charge in [-0.1, -0.05) is 24.3 Å². The van der Waals surface area contributed by atoms with Crippen LogP contribution in [0.5, 0.6) is 0 Å². The minimum absolute atomic E-state index is 0.0348. The number of thiophene rings is 1. The molecule has 9 nitrogen and oxygen atoms in total. The highest BCUT2D eigenvalue weighted by atomic mass is 32.1. The summed E-state index contributed by atoms with van der Waals surface area (Å²) in [5.41, 5.74) is 0.879. The van der Waals surface area contributed by atoms with Gasteiger partial charge in [0, 0.05) is 42.4 Å². The van der Waals surface area contributed by atoms with Gasteiger partial charge in [0.05, 0.1) is 10.9 Å². The van der Waals surface area contributed by atoms with Gasteiger partial charge in [0.2, 0.25) is 5.91 Å². The molecule has 5 rings (SSSR count). The monoisotopic (exact) mass is 580 g/mol. The number of furan rings is 1. The Morgan fingerprint density at radius 2 is 1.95 bits per heavy atom. The van der Waals surface area contributed by atoms with E-state index in [-0.39, 0.29) is 24.3 Å². The molecular formula is C29H32N4O5S2. The number of carbonyl (C=O) groups excluding carboxylic acids is 2. The molecule has 3 amide bonds. The number of carbonyl (C=O) groups is 3. The first-order valence-electron chi connectivity index (χ1n) is 13.2. The van der Waals surface area contributed by atoms with E-state index in [0.717, 1.165) is 11.0 Å². The summed E-state index contributed by atoms with van der Waals surface area (Å²) in [4.78, 5) is 48.5. The van der Waals surface area contributed by atoms with Crippen LogP contribution in [0, 0.1) is 0 Å². The number of rotatable bonds is 8. The van der Waals surface area contributed by atoms with E-state index in [9.17, 15) is 19.5 Å². The lowest BCUT2D eigenvalue weighted by molar-refractivity contribution is -0.130. The van der Waals surface area contributed by atoms with Crippen LogP contribution in [0.4, 0.5) is 9.93 Å². The van der Waals surface area contributed by atoms with Gasteiger partial charge in [0.15, 0.2) is 10.9 Å². The van der Waals surface area contributed by atoms with Crippen LogP contribution in [-0.4, -0.2) is 69.0 Å². The fraction of sp³-hybridized carbons (Fsp3) is 0.379. The van der Waals surface area contributed by atoms with Crippen LogP contribution in [0.25, 0.3) is 22.4 Å². The molecule has 1 aliphatic rings. The number of carboxylic acid groups (broad SMARTS) is 1. The molecule has 11 heteroatoms. The number of hydrogen-bond donors (Lipinski definition) is 1. The maximum Gasteiger partial charge on any atom is 0.408 e. The molecule has 0 saturated carbocycles. The van der Waals surface area contributed by atoms with Crippen LogP contribution in [0.15, 0.2) is 57.6 Å². The Morgan fingerprint density at radius 1 is 1.15 bits per heavy atom. The van der Waals surface area contributed by atoms with Crippen molar-refractivity contribution < 1.29 is 23.9 Å². The predicted octanol–water partition coefficient (Wildman–Crippen LogP) is 6.42. The number of para-hydroxylation sites is 1. The number of hydrogen-bond acceptors (Lipinski definition) is 7. The van der Waals surface area contributed by atoms with E-state index in [4.69, 9.17) is 9.40 Å². The summed E-state index contributed by atoms with van der Waals surface area (Å²) in [5.74, 6) is 0.445. The van der Waals surface area contributed by atoms with Gasteiger partial charge in [0.1, 0.15) is 11.3 Å². The minimum Gasteiger partial charge on any atom is -0.465 e. The van der Waals surface area contributed by atoms with E-state index >= 15 is 0 Å². The van der Waals surface area contributed by atoms with Crippen molar-refractivity contribution in [2.24, 2.45) is 0 Å². The minimum atomic E-state index is -0.972. The second kappa shape index (κ2) is 11.4. The van der Waals surface area contributed by atoms with Crippen LogP contribution in [-0.2, 0) is 4.79 Å². The number of fused-ring (bicyclic) bond motifs is 1. The van der Waals surface area contributed by atoms with E-state index in [1.165, 1.54) is 27.6 Å². The number of thiazole rings is 1. The zero-order valence-electron chi connectivity index (χ0n) is 22.7.